The highest BCUT2D eigenvalue weighted by atomic mass is 32.2. The van der Waals surface area contributed by atoms with Gasteiger partial charge < -0.3 is 0 Å². The van der Waals surface area contributed by atoms with E-state index in [1.165, 1.54) is 18.2 Å². The highest BCUT2D eigenvalue weighted by molar-refractivity contribution is 7.86. The summed E-state index contributed by atoms with van der Waals surface area (Å²) >= 11 is 0. The summed E-state index contributed by atoms with van der Waals surface area (Å²) in [6.45, 7) is 4.75. The number of aryl methyl sites for hydroxylation is 1. The van der Waals surface area contributed by atoms with Gasteiger partial charge in [0.15, 0.2) is 0 Å². The van der Waals surface area contributed by atoms with Gasteiger partial charge in [-0.15, -0.1) is 6.58 Å². The number of benzene rings is 1. The molecular weight excluding hydrogens is 219 g/mol. The van der Waals surface area contributed by atoms with Gasteiger partial charge in [0, 0.05) is 0 Å². The molecule has 0 aliphatic rings. The fourth-order valence-corrected chi connectivity index (χ4v) is 1.83. The second-order valence-electron chi connectivity index (χ2n) is 2.94. The largest absolute Gasteiger partial charge is 0.297 e. The smallest absolute Gasteiger partial charge is 0.262 e. The number of hydrogen-bond donors (Lipinski definition) is 0. The van der Waals surface area contributed by atoms with Crippen LogP contribution in [0.4, 0.5) is 4.39 Å². The van der Waals surface area contributed by atoms with Crippen LogP contribution in [0, 0.1) is 12.7 Å². The number of rotatable bonds is 4. The molecule has 0 N–H and O–H groups in total. The number of hydrogen-bond acceptors (Lipinski definition) is 3. The predicted octanol–water partition coefficient (Wildman–Crippen LogP) is 2.03. The van der Waals surface area contributed by atoms with E-state index in [2.05, 4.69) is 10.8 Å². The van der Waals surface area contributed by atoms with Gasteiger partial charge in [0.1, 0.15) is 5.82 Å². The molecule has 15 heavy (non-hydrogen) atoms. The van der Waals surface area contributed by atoms with Gasteiger partial charge in [0.05, 0.1) is 11.5 Å². The maximum Gasteiger partial charge on any atom is 0.297 e. The molecule has 1 aromatic rings. The highest BCUT2D eigenvalue weighted by Crippen LogP contribution is 2.16. The zero-order valence-electron chi connectivity index (χ0n) is 8.23. The summed E-state index contributed by atoms with van der Waals surface area (Å²) in [5.41, 5.74) is 0.387. The van der Waals surface area contributed by atoms with Crippen LogP contribution in [0.15, 0.2) is 35.7 Å². The van der Waals surface area contributed by atoms with E-state index < -0.39 is 15.9 Å². The Morgan fingerprint density at radius 1 is 1.53 bits per heavy atom. The predicted molar refractivity (Wildman–Crippen MR) is 54.5 cm³/mol. The van der Waals surface area contributed by atoms with Crippen LogP contribution in [0.1, 0.15) is 5.56 Å². The topological polar surface area (TPSA) is 43.4 Å². The molecule has 0 atom stereocenters. The molecule has 3 nitrogen and oxygen atoms in total. The zero-order chi connectivity index (χ0) is 11.5. The summed E-state index contributed by atoms with van der Waals surface area (Å²) in [5.74, 6) is -0.571. The molecule has 82 valence electrons. The van der Waals surface area contributed by atoms with Crippen molar-refractivity contribution in [3.05, 3.63) is 42.2 Å². The van der Waals surface area contributed by atoms with Crippen LogP contribution >= 0.6 is 0 Å². The lowest BCUT2D eigenvalue weighted by atomic mass is 10.2. The standard InChI is InChI=1S/C10H11FO3S/c1-3-6-14-15(12,13)9-5-4-8(2)10(11)7-9/h3-5,7H,1,6H2,2H3. The van der Waals surface area contributed by atoms with E-state index in [1.54, 1.807) is 6.92 Å². The van der Waals surface area contributed by atoms with Crippen LogP contribution in [0.25, 0.3) is 0 Å². The molecule has 0 amide bonds. The van der Waals surface area contributed by atoms with E-state index in [0.29, 0.717) is 5.56 Å². The lowest BCUT2D eigenvalue weighted by Gasteiger charge is -2.04. The van der Waals surface area contributed by atoms with Crippen molar-refractivity contribution < 1.29 is 17.0 Å². The van der Waals surface area contributed by atoms with Crippen LogP contribution in [0.5, 0.6) is 0 Å². The molecule has 5 heteroatoms. The first-order chi connectivity index (χ1) is 6.97. The first-order valence-electron chi connectivity index (χ1n) is 4.24. The van der Waals surface area contributed by atoms with Gasteiger partial charge in [-0.2, -0.15) is 8.42 Å². The molecule has 0 aromatic heterocycles. The highest BCUT2D eigenvalue weighted by Gasteiger charge is 2.15. The molecule has 0 radical (unpaired) electrons. The van der Waals surface area contributed by atoms with Crippen molar-refractivity contribution in [3.63, 3.8) is 0 Å². The molecule has 0 bridgehead atoms. The first kappa shape index (κ1) is 11.9. The van der Waals surface area contributed by atoms with Gasteiger partial charge in [-0.3, -0.25) is 4.18 Å². The zero-order valence-corrected chi connectivity index (χ0v) is 9.05. The summed E-state index contributed by atoms with van der Waals surface area (Å²) in [6.07, 6.45) is 1.31. The Labute approximate surface area is 88.3 Å². The molecule has 1 rings (SSSR count). The Kier molecular flexibility index (Phi) is 3.60. The van der Waals surface area contributed by atoms with Crippen LogP contribution in [0.3, 0.4) is 0 Å². The fourth-order valence-electron chi connectivity index (χ4n) is 0.935. The summed E-state index contributed by atoms with van der Waals surface area (Å²) in [6, 6.07) is 3.63. The minimum Gasteiger partial charge on any atom is -0.262 e. The summed E-state index contributed by atoms with van der Waals surface area (Å²) in [7, 11) is -3.87. The summed E-state index contributed by atoms with van der Waals surface area (Å²) in [5, 5.41) is 0. The van der Waals surface area contributed by atoms with Crippen LogP contribution in [0.2, 0.25) is 0 Å². The van der Waals surface area contributed by atoms with Gasteiger partial charge in [0.2, 0.25) is 0 Å². The van der Waals surface area contributed by atoms with Gasteiger partial charge in [-0.25, -0.2) is 4.39 Å². The molecule has 1 aromatic carbocycles. The summed E-state index contributed by atoms with van der Waals surface area (Å²) in [4.78, 5) is -0.188. The van der Waals surface area contributed by atoms with Crippen molar-refractivity contribution in [2.24, 2.45) is 0 Å². The molecule has 0 heterocycles. The quantitative estimate of drug-likeness (QED) is 0.587. The fraction of sp³-hybridized carbons (Fsp3) is 0.200. The lowest BCUT2D eigenvalue weighted by molar-refractivity contribution is 0.357. The maximum atomic E-state index is 13.1. The van der Waals surface area contributed by atoms with E-state index in [0.717, 1.165) is 6.07 Å². The van der Waals surface area contributed by atoms with Crippen molar-refractivity contribution in [1.29, 1.82) is 0 Å². The third kappa shape index (κ3) is 2.87. The van der Waals surface area contributed by atoms with Gasteiger partial charge >= 0.3 is 0 Å². The molecule has 0 aliphatic carbocycles. The van der Waals surface area contributed by atoms with E-state index in [9.17, 15) is 12.8 Å². The Balaban J connectivity index is 3.05. The van der Waals surface area contributed by atoms with Gasteiger partial charge in [0.25, 0.3) is 10.1 Å². The second-order valence-corrected chi connectivity index (χ2v) is 4.55. The lowest BCUT2D eigenvalue weighted by Crippen LogP contribution is -2.06. The van der Waals surface area contributed by atoms with Crippen molar-refractivity contribution in [2.75, 3.05) is 6.61 Å². The van der Waals surface area contributed by atoms with Crippen LogP contribution in [-0.4, -0.2) is 15.0 Å². The first-order valence-corrected chi connectivity index (χ1v) is 5.64. The molecule has 0 unspecified atom stereocenters. The third-order valence-electron chi connectivity index (χ3n) is 1.77. The minimum absolute atomic E-state index is 0.127. The Morgan fingerprint density at radius 3 is 2.73 bits per heavy atom. The monoisotopic (exact) mass is 230 g/mol. The third-order valence-corrected chi connectivity index (χ3v) is 3.05. The minimum atomic E-state index is -3.87. The molecule has 0 saturated heterocycles. The van der Waals surface area contributed by atoms with Crippen LogP contribution < -0.4 is 0 Å². The Morgan fingerprint density at radius 2 is 2.20 bits per heavy atom. The van der Waals surface area contributed by atoms with Crippen molar-refractivity contribution in [3.8, 4) is 0 Å². The van der Waals surface area contributed by atoms with Crippen molar-refractivity contribution >= 4 is 10.1 Å². The van der Waals surface area contributed by atoms with Crippen molar-refractivity contribution in [1.82, 2.24) is 0 Å². The maximum absolute atomic E-state index is 13.1. The van der Waals surface area contributed by atoms with Crippen molar-refractivity contribution in [2.45, 2.75) is 11.8 Å². The molecular formula is C10H11FO3S. The molecule has 0 aliphatic heterocycles. The normalized spacial score (nSPS) is 11.3. The Bertz CT molecular complexity index is 466. The van der Waals surface area contributed by atoms with Crippen LogP contribution in [-0.2, 0) is 14.3 Å². The van der Waals surface area contributed by atoms with E-state index in [4.69, 9.17) is 0 Å². The molecule has 0 fully saturated rings. The average molecular weight is 230 g/mol. The second kappa shape index (κ2) is 4.55. The van der Waals surface area contributed by atoms with E-state index in [-0.39, 0.29) is 11.5 Å². The summed E-state index contributed by atoms with van der Waals surface area (Å²) < 4.78 is 40.5. The number of halogens is 1. The Hall–Kier alpha value is -1.20. The van der Waals surface area contributed by atoms with Gasteiger partial charge in [-0.05, 0) is 24.6 Å². The SMILES string of the molecule is C=CCOS(=O)(=O)c1ccc(C)c(F)c1. The molecule has 0 saturated carbocycles. The average Bonchev–Trinajstić information content (AvgIpc) is 2.19. The van der Waals surface area contributed by atoms with E-state index >= 15 is 0 Å². The molecule has 0 spiro atoms. The van der Waals surface area contributed by atoms with Gasteiger partial charge in [-0.1, -0.05) is 12.1 Å². The van der Waals surface area contributed by atoms with E-state index in [1.807, 2.05) is 0 Å².